The van der Waals surface area contributed by atoms with Gasteiger partial charge in [-0.05, 0) is 24.6 Å². The molecule has 2 aromatic rings. The molecule has 0 bridgehead atoms. The summed E-state index contributed by atoms with van der Waals surface area (Å²) >= 11 is 0. The number of amides is 1. The van der Waals surface area contributed by atoms with Crippen molar-refractivity contribution in [3.8, 4) is 11.5 Å². The van der Waals surface area contributed by atoms with E-state index in [4.69, 9.17) is 9.47 Å². The SMILES string of the molecule is COc1ccc([C@H]2CC(c3ccc(C)cc3)=NN2C(C)=O)c(OC)c1. The Morgan fingerprint density at radius 1 is 1.12 bits per heavy atom. The summed E-state index contributed by atoms with van der Waals surface area (Å²) in [5.41, 5.74) is 4.05. The lowest BCUT2D eigenvalue weighted by atomic mass is 9.97. The topological polar surface area (TPSA) is 51.1 Å². The fourth-order valence-corrected chi connectivity index (χ4v) is 3.06. The smallest absolute Gasteiger partial charge is 0.240 e. The number of carbonyl (C=O) groups is 1. The van der Waals surface area contributed by atoms with Gasteiger partial charge < -0.3 is 9.47 Å². The van der Waals surface area contributed by atoms with Crippen molar-refractivity contribution in [3.63, 3.8) is 0 Å². The molecule has 1 aliphatic rings. The Bertz CT molecular complexity index is 812. The summed E-state index contributed by atoms with van der Waals surface area (Å²) in [6.45, 7) is 3.58. The average Bonchev–Trinajstić information content (AvgIpc) is 3.07. The quantitative estimate of drug-likeness (QED) is 0.854. The van der Waals surface area contributed by atoms with Crippen molar-refractivity contribution in [2.75, 3.05) is 14.2 Å². The number of carbonyl (C=O) groups excluding carboxylic acids is 1. The maximum atomic E-state index is 12.1. The predicted octanol–water partition coefficient (Wildman–Crippen LogP) is 3.71. The Morgan fingerprint density at radius 3 is 2.44 bits per heavy atom. The molecule has 3 rings (SSSR count). The van der Waals surface area contributed by atoms with Gasteiger partial charge >= 0.3 is 0 Å². The van der Waals surface area contributed by atoms with Crippen molar-refractivity contribution in [1.82, 2.24) is 5.01 Å². The van der Waals surface area contributed by atoms with Crippen LogP contribution in [0.3, 0.4) is 0 Å². The first-order valence-corrected chi connectivity index (χ1v) is 8.19. The van der Waals surface area contributed by atoms with Crippen molar-refractivity contribution in [1.29, 1.82) is 0 Å². The first-order chi connectivity index (χ1) is 12.0. The fourth-order valence-electron chi connectivity index (χ4n) is 3.06. The monoisotopic (exact) mass is 338 g/mol. The maximum Gasteiger partial charge on any atom is 0.240 e. The highest BCUT2D eigenvalue weighted by atomic mass is 16.5. The number of methoxy groups -OCH3 is 2. The molecular weight excluding hydrogens is 316 g/mol. The van der Waals surface area contributed by atoms with E-state index < -0.39 is 0 Å². The molecule has 0 saturated heterocycles. The third-order valence-corrected chi connectivity index (χ3v) is 4.42. The average molecular weight is 338 g/mol. The lowest BCUT2D eigenvalue weighted by Gasteiger charge is -2.22. The van der Waals surface area contributed by atoms with Crippen LogP contribution in [0.15, 0.2) is 47.6 Å². The number of aryl methyl sites for hydroxylation is 1. The van der Waals surface area contributed by atoms with Crippen LogP contribution in [0.4, 0.5) is 0 Å². The van der Waals surface area contributed by atoms with E-state index in [-0.39, 0.29) is 11.9 Å². The minimum Gasteiger partial charge on any atom is -0.497 e. The first kappa shape index (κ1) is 17.0. The number of nitrogens with zero attached hydrogens (tertiary/aromatic N) is 2. The highest BCUT2D eigenvalue weighted by Crippen LogP contribution is 2.39. The molecule has 0 saturated carbocycles. The summed E-state index contributed by atoms with van der Waals surface area (Å²) in [5, 5.41) is 6.12. The number of hydrogen-bond donors (Lipinski definition) is 0. The van der Waals surface area contributed by atoms with Gasteiger partial charge in [-0.2, -0.15) is 5.10 Å². The number of ether oxygens (including phenoxy) is 2. The van der Waals surface area contributed by atoms with Crippen LogP contribution in [-0.4, -0.2) is 30.8 Å². The van der Waals surface area contributed by atoms with E-state index in [2.05, 4.69) is 17.2 Å². The lowest BCUT2D eigenvalue weighted by molar-refractivity contribution is -0.130. The van der Waals surface area contributed by atoms with E-state index in [1.54, 1.807) is 19.2 Å². The molecule has 1 atom stereocenters. The zero-order valence-electron chi connectivity index (χ0n) is 14.9. The molecule has 1 amide bonds. The Hall–Kier alpha value is -2.82. The molecule has 2 aromatic carbocycles. The van der Waals surface area contributed by atoms with Gasteiger partial charge in [-0.15, -0.1) is 0 Å². The van der Waals surface area contributed by atoms with Crippen molar-refractivity contribution in [2.24, 2.45) is 5.10 Å². The minimum absolute atomic E-state index is 0.0926. The Balaban J connectivity index is 1.97. The summed E-state index contributed by atoms with van der Waals surface area (Å²) in [6, 6.07) is 13.6. The first-order valence-electron chi connectivity index (χ1n) is 8.19. The second-order valence-corrected chi connectivity index (χ2v) is 6.10. The normalized spacial score (nSPS) is 16.6. The van der Waals surface area contributed by atoms with Crippen LogP contribution in [0.25, 0.3) is 0 Å². The molecule has 5 heteroatoms. The van der Waals surface area contributed by atoms with E-state index in [0.717, 1.165) is 16.8 Å². The molecule has 0 aliphatic carbocycles. The molecule has 130 valence electrons. The Morgan fingerprint density at radius 2 is 1.84 bits per heavy atom. The summed E-state index contributed by atoms with van der Waals surface area (Å²) in [6.07, 6.45) is 0.644. The van der Waals surface area contributed by atoms with Crippen molar-refractivity contribution < 1.29 is 14.3 Å². The molecule has 0 aromatic heterocycles. The van der Waals surface area contributed by atoms with Gasteiger partial charge in [0.15, 0.2) is 0 Å². The molecule has 0 N–H and O–H groups in total. The van der Waals surface area contributed by atoms with Crippen molar-refractivity contribution in [2.45, 2.75) is 26.3 Å². The minimum atomic E-state index is -0.186. The van der Waals surface area contributed by atoms with Crippen LogP contribution >= 0.6 is 0 Å². The number of rotatable bonds is 4. The van der Waals surface area contributed by atoms with Crippen LogP contribution in [-0.2, 0) is 4.79 Å². The van der Waals surface area contributed by atoms with Gasteiger partial charge in [-0.25, -0.2) is 5.01 Å². The van der Waals surface area contributed by atoms with Crippen LogP contribution in [0, 0.1) is 6.92 Å². The third kappa shape index (κ3) is 3.36. The van der Waals surface area contributed by atoms with Gasteiger partial charge in [0, 0.05) is 25.0 Å². The molecule has 5 nitrogen and oxygen atoms in total. The largest absolute Gasteiger partial charge is 0.497 e. The summed E-state index contributed by atoms with van der Waals surface area (Å²) in [7, 11) is 3.23. The Kier molecular flexibility index (Phi) is 4.74. The predicted molar refractivity (Wildman–Crippen MR) is 97.1 cm³/mol. The van der Waals surface area contributed by atoms with Gasteiger partial charge in [0.2, 0.25) is 5.91 Å². The van der Waals surface area contributed by atoms with Crippen molar-refractivity contribution in [3.05, 3.63) is 59.2 Å². The van der Waals surface area contributed by atoms with Crippen LogP contribution in [0.1, 0.15) is 36.1 Å². The molecule has 0 radical (unpaired) electrons. The number of benzene rings is 2. The van der Waals surface area contributed by atoms with Gasteiger partial charge in [0.1, 0.15) is 11.5 Å². The second-order valence-electron chi connectivity index (χ2n) is 6.10. The second kappa shape index (κ2) is 6.97. The lowest BCUT2D eigenvalue weighted by Crippen LogP contribution is -2.24. The van der Waals surface area contributed by atoms with Gasteiger partial charge in [0.05, 0.1) is 26.0 Å². The molecular formula is C20H22N2O3. The molecule has 1 heterocycles. The third-order valence-electron chi connectivity index (χ3n) is 4.42. The number of hydrogen-bond acceptors (Lipinski definition) is 4. The molecule has 25 heavy (non-hydrogen) atoms. The van der Waals surface area contributed by atoms with Gasteiger partial charge in [0.25, 0.3) is 0 Å². The molecule has 1 aliphatic heterocycles. The van der Waals surface area contributed by atoms with Gasteiger partial charge in [-0.1, -0.05) is 29.8 Å². The maximum absolute atomic E-state index is 12.1. The van der Waals surface area contributed by atoms with E-state index in [1.807, 2.05) is 37.3 Å². The Labute approximate surface area is 147 Å². The van der Waals surface area contributed by atoms with E-state index in [0.29, 0.717) is 17.9 Å². The fraction of sp³-hybridized carbons (Fsp3) is 0.300. The van der Waals surface area contributed by atoms with E-state index in [1.165, 1.54) is 12.5 Å². The zero-order valence-corrected chi connectivity index (χ0v) is 14.9. The molecule has 0 unspecified atom stereocenters. The summed E-state index contributed by atoms with van der Waals surface area (Å²) in [4.78, 5) is 12.1. The van der Waals surface area contributed by atoms with Crippen LogP contribution in [0.5, 0.6) is 11.5 Å². The molecule has 0 spiro atoms. The summed E-state index contributed by atoms with van der Waals surface area (Å²) < 4.78 is 10.8. The van der Waals surface area contributed by atoms with Crippen LogP contribution in [0.2, 0.25) is 0 Å². The standard InChI is InChI=1S/C20H22N2O3/c1-13-5-7-15(8-6-13)18-12-19(22(21-18)14(2)23)17-10-9-16(24-3)11-20(17)25-4/h5-11,19H,12H2,1-4H3/t19-/m1/s1. The van der Waals surface area contributed by atoms with Gasteiger partial charge in [-0.3, -0.25) is 4.79 Å². The molecule has 0 fully saturated rings. The van der Waals surface area contributed by atoms with Crippen LogP contribution < -0.4 is 9.47 Å². The van der Waals surface area contributed by atoms with E-state index in [9.17, 15) is 4.79 Å². The zero-order chi connectivity index (χ0) is 18.0. The highest BCUT2D eigenvalue weighted by Gasteiger charge is 2.33. The summed E-state index contributed by atoms with van der Waals surface area (Å²) in [5.74, 6) is 1.31. The highest BCUT2D eigenvalue weighted by molar-refractivity contribution is 6.03. The van der Waals surface area contributed by atoms with E-state index >= 15 is 0 Å². The number of hydrazone groups is 1. The van der Waals surface area contributed by atoms with Crippen molar-refractivity contribution >= 4 is 11.6 Å².